The van der Waals surface area contributed by atoms with E-state index in [0.717, 1.165) is 41.3 Å². The fourth-order valence-electron chi connectivity index (χ4n) is 3.73. The van der Waals surface area contributed by atoms with E-state index >= 15 is 0 Å². The number of halogens is 2. The second-order valence-electron chi connectivity index (χ2n) is 7.94. The molecule has 1 N–H and O–H groups in total. The van der Waals surface area contributed by atoms with Gasteiger partial charge in [0.15, 0.2) is 0 Å². The first-order chi connectivity index (χ1) is 14.9. The van der Waals surface area contributed by atoms with E-state index in [0.29, 0.717) is 12.3 Å². The van der Waals surface area contributed by atoms with Crippen LogP contribution in [0.2, 0.25) is 0 Å². The van der Waals surface area contributed by atoms with Crippen LogP contribution in [0.15, 0.2) is 53.0 Å². The third-order valence-electron chi connectivity index (χ3n) is 5.52. The van der Waals surface area contributed by atoms with Crippen molar-refractivity contribution in [1.82, 2.24) is 10.2 Å². The van der Waals surface area contributed by atoms with Gasteiger partial charge < -0.3 is 10.2 Å². The molecule has 1 aliphatic carbocycles. The summed E-state index contributed by atoms with van der Waals surface area (Å²) in [4.78, 5) is 27.6. The summed E-state index contributed by atoms with van der Waals surface area (Å²) in [6.45, 7) is 2.17. The molecule has 1 saturated carbocycles. The Balaban J connectivity index is 1.65. The SMILES string of the molecule is C[C@@H](C(=O)NC1CCCC1)N(Cc1cccc(Br)c1)C(=O)CSCc1ccc(F)cc1. The van der Waals surface area contributed by atoms with E-state index in [1.807, 2.05) is 24.3 Å². The molecule has 3 rings (SSSR count). The van der Waals surface area contributed by atoms with Gasteiger partial charge in [0.2, 0.25) is 11.8 Å². The summed E-state index contributed by atoms with van der Waals surface area (Å²) in [5.41, 5.74) is 1.93. The van der Waals surface area contributed by atoms with Crippen LogP contribution in [0, 0.1) is 5.82 Å². The number of rotatable bonds is 9. The Labute approximate surface area is 196 Å². The maximum atomic E-state index is 13.1. The van der Waals surface area contributed by atoms with Gasteiger partial charge in [-0.2, -0.15) is 0 Å². The zero-order valence-electron chi connectivity index (χ0n) is 17.7. The van der Waals surface area contributed by atoms with Crippen LogP contribution in [0.25, 0.3) is 0 Å². The predicted molar refractivity (Wildman–Crippen MR) is 127 cm³/mol. The van der Waals surface area contributed by atoms with E-state index in [1.54, 1.807) is 24.0 Å². The van der Waals surface area contributed by atoms with Crippen LogP contribution in [0.5, 0.6) is 0 Å². The van der Waals surface area contributed by atoms with Crippen molar-refractivity contribution in [2.45, 2.75) is 57.0 Å². The molecule has 1 atom stereocenters. The highest BCUT2D eigenvalue weighted by molar-refractivity contribution is 9.10. The molecule has 31 heavy (non-hydrogen) atoms. The second-order valence-corrected chi connectivity index (χ2v) is 9.84. The molecule has 2 aromatic rings. The lowest BCUT2D eigenvalue weighted by Crippen LogP contribution is -2.50. The third-order valence-corrected chi connectivity index (χ3v) is 7.00. The zero-order chi connectivity index (χ0) is 22.2. The molecule has 1 fully saturated rings. The smallest absolute Gasteiger partial charge is 0.242 e. The highest BCUT2D eigenvalue weighted by Gasteiger charge is 2.28. The molecule has 166 valence electrons. The molecule has 0 aromatic heterocycles. The number of hydrogen-bond acceptors (Lipinski definition) is 3. The van der Waals surface area contributed by atoms with Crippen LogP contribution in [-0.4, -0.2) is 34.6 Å². The summed E-state index contributed by atoms with van der Waals surface area (Å²) in [6, 6.07) is 13.7. The van der Waals surface area contributed by atoms with Gasteiger partial charge in [0, 0.05) is 22.8 Å². The van der Waals surface area contributed by atoms with Crippen molar-refractivity contribution < 1.29 is 14.0 Å². The van der Waals surface area contributed by atoms with Crippen molar-refractivity contribution in [1.29, 1.82) is 0 Å². The van der Waals surface area contributed by atoms with Crippen LogP contribution >= 0.6 is 27.7 Å². The monoisotopic (exact) mass is 506 g/mol. The van der Waals surface area contributed by atoms with Crippen LogP contribution in [0.4, 0.5) is 4.39 Å². The Kier molecular flexibility index (Phi) is 8.96. The molecule has 0 radical (unpaired) electrons. The fourth-order valence-corrected chi connectivity index (χ4v) is 5.04. The number of carbonyl (C=O) groups is 2. The number of benzene rings is 2. The van der Waals surface area contributed by atoms with Crippen LogP contribution in [-0.2, 0) is 21.9 Å². The van der Waals surface area contributed by atoms with Gasteiger partial charge in [0.1, 0.15) is 11.9 Å². The summed E-state index contributed by atoms with van der Waals surface area (Å²) in [6.07, 6.45) is 4.29. The lowest BCUT2D eigenvalue weighted by atomic mass is 10.1. The average Bonchev–Trinajstić information content (AvgIpc) is 3.26. The van der Waals surface area contributed by atoms with Crippen molar-refractivity contribution in [3.63, 3.8) is 0 Å². The average molecular weight is 507 g/mol. The molecule has 1 aliphatic rings. The first kappa shape index (κ1) is 23.8. The molecule has 4 nitrogen and oxygen atoms in total. The molecule has 0 aliphatic heterocycles. The summed E-state index contributed by atoms with van der Waals surface area (Å²) >= 11 is 4.94. The van der Waals surface area contributed by atoms with Gasteiger partial charge in [-0.1, -0.05) is 53.0 Å². The molecule has 0 unspecified atom stereocenters. The lowest BCUT2D eigenvalue weighted by Gasteiger charge is -2.29. The minimum absolute atomic E-state index is 0.0823. The van der Waals surface area contributed by atoms with Gasteiger partial charge in [0.05, 0.1) is 5.75 Å². The molecular formula is C24H28BrFN2O2S. The van der Waals surface area contributed by atoms with Crippen molar-refractivity contribution in [2.75, 3.05) is 5.75 Å². The number of nitrogens with one attached hydrogen (secondary N) is 1. The Bertz CT molecular complexity index is 887. The number of amides is 2. The molecule has 2 aromatic carbocycles. The highest BCUT2D eigenvalue weighted by atomic mass is 79.9. The summed E-state index contributed by atoms with van der Waals surface area (Å²) in [7, 11) is 0. The molecule has 0 heterocycles. The van der Waals surface area contributed by atoms with Crippen molar-refractivity contribution in [2.24, 2.45) is 0 Å². The summed E-state index contributed by atoms with van der Waals surface area (Å²) in [5, 5.41) is 3.11. The fraction of sp³-hybridized carbons (Fsp3) is 0.417. The van der Waals surface area contributed by atoms with Gasteiger partial charge >= 0.3 is 0 Å². The first-order valence-electron chi connectivity index (χ1n) is 10.6. The normalized spacial score (nSPS) is 14.9. The summed E-state index contributed by atoms with van der Waals surface area (Å²) in [5.74, 6) is 0.415. The lowest BCUT2D eigenvalue weighted by molar-refractivity contribution is -0.138. The number of nitrogens with zero attached hydrogens (tertiary/aromatic N) is 1. The Hall–Kier alpha value is -1.86. The quantitative estimate of drug-likeness (QED) is 0.502. The van der Waals surface area contributed by atoms with E-state index < -0.39 is 6.04 Å². The van der Waals surface area contributed by atoms with Gasteiger partial charge in [0.25, 0.3) is 0 Å². The Morgan fingerprint density at radius 1 is 1.16 bits per heavy atom. The van der Waals surface area contributed by atoms with Crippen LogP contribution < -0.4 is 5.32 Å². The number of hydrogen-bond donors (Lipinski definition) is 1. The van der Waals surface area contributed by atoms with E-state index in [1.165, 1.54) is 23.9 Å². The van der Waals surface area contributed by atoms with E-state index in [9.17, 15) is 14.0 Å². The highest BCUT2D eigenvalue weighted by Crippen LogP contribution is 2.20. The van der Waals surface area contributed by atoms with E-state index in [2.05, 4.69) is 21.2 Å². The van der Waals surface area contributed by atoms with E-state index in [4.69, 9.17) is 0 Å². The Morgan fingerprint density at radius 2 is 1.87 bits per heavy atom. The third kappa shape index (κ3) is 7.35. The minimum atomic E-state index is -0.557. The maximum Gasteiger partial charge on any atom is 0.242 e. The maximum absolute atomic E-state index is 13.1. The Morgan fingerprint density at radius 3 is 2.55 bits per heavy atom. The van der Waals surface area contributed by atoms with Gasteiger partial charge in [-0.15, -0.1) is 11.8 Å². The summed E-state index contributed by atoms with van der Waals surface area (Å²) < 4.78 is 14.0. The van der Waals surface area contributed by atoms with Crippen LogP contribution in [0.1, 0.15) is 43.7 Å². The topological polar surface area (TPSA) is 49.4 Å². The predicted octanol–water partition coefficient (Wildman–Crippen LogP) is 5.30. The first-order valence-corrected chi connectivity index (χ1v) is 12.5. The van der Waals surface area contributed by atoms with Gasteiger partial charge in [-0.25, -0.2) is 4.39 Å². The van der Waals surface area contributed by atoms with E-state index in [-0.39, 0.29) is 29.4 Å². The molecule has 0 saturated heterocycles. The van der Waals surface area contributed by atoms with Crippen molar-refractivity contribution >= 4 is 39.5 Å². The standard InChI is InChI=1S/C24H28BrFN2O2S/c1-17(24(30)27-22-7-2-3-8-22)28(14-19-5-4-6-20(25)13-19)23(29)16-31-15-18-9-11-21(26)12-10-18/h4-6,9-13,17,22H,2-3,7-8,14-16H2,1H3,(H,27,30)/t17-/m0/s1. The molecule has 0 bridgehead atoms. The molecule has 2 amide bonds. The number of thioether (sulfide) groups is 1. The van der Waals surface area contributed by atoms with Crippen molar-refractivity contribution in [3.05, 3.63) is 69.9 Å². The molecule has 7 heteroatoms. The zero-order valence-corrected chi connectivity index (χ0v) is 20.1. The largest absolute Gasteiger partial charge is 0.352 e. The van der Waals surface area contributed by atoms with Gasteiger partial charge in [-0.3, -0.25) is 9.59 Å². The van der Waals surface area contributed by atoms with Gasteiger partial charge in [-0.05, 0) is 55.2 Å². The van der Waals surface area contributed by atoms with Crippen LogP contribution in [0.3, 0.4) is 0 Å². The number of carbonyl (C=O) groups excluding carboxylic acids is 2. The second kappa shape index (κ2) is 11.7. The molecular weight excluding hydrogens is 479 g/mol. The molecule has 0 spiro atoms. The van der Waals surface area contributed by atoms with Crippen molar-refractivity contribution in [3.8, 4) is 0 Å². The minimum Gasteiger partial charge on any atom is -0.352 e.